The van der Waals surface area contributed by atoms with Crippen molar-refractivity contribution in [1.29, 1.82) is 0 Å². The van der Waals surface area contributed by atoms with Gasteiger partial charge in [-0.2, -0.15) is 0 Å². The fourth-order valence-electron chi connectivity index (χ4n) is 2.38. The van der Waals surface area contributed by atoms with E-state index in [0.717, 1.165) is 12.2 Å². The molecule has 19 heavy (non-hydrogen) atoms. The van der Waals surface area contributed by atoms with Crippen LogP contribution in [-0.2, 0) is 0 Å². The Kier molecular flexibility index (Phi) is 6.10. The summed E-state index contributed by atoms with van der Waals surface area (Å²) >= 11 is 0. The van der Waals surface area contributed by atoms with E-state index in [9.17, 15) is 0 Å². The molecule has 0 aliphatic heterocycles. The Balaban J connectivity index is 0.00000180. The number of benzene rings is 1. The third-order valence-electron chi connectivity index (χ3n) is 4.07. The van der Waals surface area contributed by atoms with Crippen molar-refractivity contribution >= 4 is 35.6 Å². The normalized spacial score (nSPS) is 17.3. The highest BCUT2D eigenvalue weighted by Gasteiger charge is 2.34. The van der Waals surface area contributed by atoms with Crippen LogP contribution in [0.25, 0.3) is 0 Å². The molecule has 0 heterocycles. The molecule has 0 amide bonds. The molecule has 2 rings (SSSR count). The predicted octanol–water partition coefficient (Wildman–Crippen LogP) is 3.92. The number of anilines is 1. The number of nitrogens with zero attached hydrogens (tertiary/aromatic N) is 1. The van der Waals surface area contributed by atoms with Crippen LogP contribution < -0.4 is 11.1 Å². The molecule has 0 atom stereocenters. The van der Waals surface area contributed by atoms with Crippen molar-refractivity contribution in [2.45, 2.75) is 39.5 Å². The largest absolute Gasteiger partial charge is 0.370 e. The van der Waals surface area contributed by atoms with Crippen LogP contribution in [0.5, 0.6) is 0 Å². The summed E-state index contributed by atoms with van der Waals surface area (Å²) in [4.78, 5) is 4.49. The average Bonchev–Trinajstić information content (AvgIpc) is 2.31. The summed E-state index contributed by atoms with van der Waals surface area (Å²) in [6.45, 7) is 5.18. The van der Waals surface area contributed by atoms with Crippen LogP contribution in [0.1, 0.15) is 38.2 Å². The number of aryl methyl sites for hydroxylation is 1. The zero-order valence-electron chi connectivity index (χ0n) is 11.8. The first kappa shape index (κ1) is 16.3. The molecule has 0 aromatic heterocycles. The van der Waals surface area contributed by atoms with Crippen LogP contribution in [0.3, 0.4) is 0 Å². The van der Waals surface area contributed by atoms with Crippen LogP contribution in [0.2, 0.25) is 0 Å². The second-order valence-corrected chi connectivity index (χ2v) is 5.40. The first-order chi connectivity index (χ1) is 8.63. The second kappa shape index (κ2) is 7.12. The van der Waals surface area contributed by atoms with E-state index in [1.807, 2.05) is 12.1 Å². The van der Waals surface area contributed by atoms with E-state index in [4.69, 9.17) is 5.73 Å². The van der Waals surface area contributed by atoms with Crippen LogP contribution in [-0.4, -0.2) is 12.5 Å². The summed E-state index contributed by atoms with van der Waals surface area (Å²) in [5.74, 6) is 0.526. The molecule has 0 radical (unpaired) electrons. The SMILES string of the molecule is CCC1(CN=C(N)Nc2ccc(C)cc2)CCC1.I. The molecule has 1 aromatic carbocycles. The molecule has 106 valence electrons. The number of rotatable bonds is 4. The number of nitrogens with one attached hydrogen (secondary N) is 1. The summed E-state index contributed by atoms with van der Waals surface area (Å²) in [6, 6.07) is 8.18. The lowest BCUT2D eigenvalue weighted by Gasteiger charge is -2.40. The zero-order valence-corrected chi connectivity index (χ0v) is 14.1. The topological polar surface area (TPSA) is 50.4 Å². The molecular weight excluding hydrogens is 349 g/mol. The lowest BCUT2D eigenvalue weighted by atomic mass is 9.67. The molecule has 0 unspecified atom stereocenters. The minimum absolute atomic E-state index is 0. The Morgan fingerprint density at radius 1 is 1.32 bits per heavy atom. The van der Waals surface area contributed by atoms with Crippen LogP contribution in [0.15, 0.2) is 29.3 Å². The number of halogens is 1. The van der Waals surface area contributed by atoms with Crippen molar-refractivity contribution in [3.63, 3.8) is 0 Å². The molecule has 0 saturated heterocycles. The number of nitrogens with two attached hydrogens (primary N) is 1. The first-order valence-electron chi connectivity index (χ1n) is 6.77. The summed E-state index contributed by atoms with van der Waals surface area (Å²) in [5.41, 5.74) is 8.60. The number of hydrogen-bond acceptors (Lipinski definition) is 1. The van der Waals surface area contributed by atoms with Gasteiger partial charge in [0.15, 0.2) is 5.96 Å². The molecule has 3 nitrogen and oxygen atoms in total. The van der Waals surface area contributed by atoms with E-state index in [1.54, 1.807) is 0 Å². The molecule has 4 heteroatoms. The fraction of sp³-hybridized carbons (Fsp3) is 0.533. The Bertz CT molecular complexity index is 416. The fourth-order valence-corrected chi connectivity index (χ4v) is 2.38. The van der Waals surface area contributed by atoms with Crippen molar-refractivity contribution in [3.05, 3.63) is 29.8 Å². The molecule has 1 aromatic rings. The van der Waals surface area contributed by atoms with E-state index >= 15 is 0 Å². The Morgan fingerprint density at radius 3 is 2.42 bits per heavy atom. The highest BCUT2D eigenvalue weighted by Crippen LogP contribution is 2.43. The van der Waals surface area contributed by atoms with Gasteiger partial charge in [0, 0.05) is 12.2 Å². The van der Waals surface area contributed by atoms with Gasteiger partial charge >= 0.3 is 0 Å². The van der Waals surface area contributed by atoms with Gasteiger partial charge in [0.2, 0.25) is 0 Å². The van der Waals surface area contributed by atoms with Crippen molar-refractivity contribution in [3.8, 4) is 0 Å². The van der Waals surface area contributed by atoms with Gasteiger partial charge in [-0.1, -0.05) is 31.0 Å². The number of hydrogen-bond donors (Lipinski definition) is 2. The maximum atomic E-state index is 5.92. The third kappa shape index (κ3) is 4.37. The Hall–Kier alpha value is -0.780. The van der Waals surface area contributed by atoms with Crippen molar-refractivity contribution in [2.24, 2.45) is 16.1 Å². The molecular formula is C15H24IN3. The highest BCUT2D eigenvalue weighted by atomic mass is 127. The van der Waals surface area contributed by atoms with Gasteiger partial charge in [-0.3, -0.25) is 4.99 Å². The molecule has 3 N–H and O–H groups in total. The van der Waals surface area contributed by atoms with Crippen LogP contribution in [0, 0.1) is 12.3 Å². The molecule has 0 bridgehead atoms. The molecule has 1 aliphatic rings. The second-order valence-electron chi connectivity index (χ2n) is 5.40. The van der Waals surface area contributed by atoms with Crippen molar-refractivity contribution in [2.75, 3.05) is 11.9 Å². The Morgan fingerprint density at radius 2 is 1.95 bits per heavy atom. The van der Waals surface area contributed by atoms with Crippen LogP contribution in [0.4, 0.5) is 5.69 Å². The summed E-state index contributed by atoms with van der Waals surface area (Å²) in [7, 11) is 0. The molecule has 1 aliphatic carbocycles. The summed E-state index contributed by atoms with van der Waals surface area (Å²) in [5, 5.41) is 3.14. The zero-order chi connectivity index (χ0) is 13.0. The minimum atomic E-state index is 0. The van der Waals surface area contributed by atoms with E-state index in [1.165, 1.54) is 31.2 Å². The van der Waals surface area contributed by atoms with E-state index in [-0.39, 0.29) is 24.0 Å². The predicted molar refractivity (Wildman–Crippen MR) is 93.3 cm³/mol. The van der Waals surface area contributed by atoms with Crippen LogP contribution >= 0.6 is 24.0 Å². The maximum absolute atomic E-state index is 5.92. The number of guanidine groups is 1. The molecule has 1 fully saturated rings. The first-order valence-corrected chi connectivity index (χ1v) is 6.77. The van der Waals surface area contributed by atoms with Crippen molar-refractivity contribution in [1.82, 2.24) is 0 Å². The van der Waals surface area contributed by atoms with E-state index < -0.39 is 0 Å². The van der Waals surface area contributed by atoms with Gasteiger partial charge in [0.25, 0.3) is 0 Å². The van der Waals surface area contributed by atoms with Gasteiger partial charge in [-0.25, -0.2) is 0 Å². The number of aliphatic imine (C=N–C) groups is 1. The molecule has 1 saturated carbocycles. The van der Waals surface area contributed by atoms with E-state index in [0.29, 0.717) is 11.4 Å². The summed E-state index contributed by atoms with van der Waals surface area (Å²) in [6.07, 6.45) is 5.14. The quantitative estimate of drug-likeness (QED) is 0.478. The van der Waals surface area contributed by atoms with Gasteiger partial charge in [-0.15, -0.1) is 24.0 Å². The Labute approximate surface area is 133 Å². The van der Waals surface area contributed by atoms with Crippen molar-refractivity contribution < 1.29 is 0 Å². The van der Waals surface area contributed by atoms with Gasteiger partial charge in [0.1, 0.15) is 0 Å². The average molecular weight is 373 g/mol. The minimum Gasteiger partial charge on any atom is -0.370 e. The van der Waals surface area contributed by atoms with Gasteiger partial charge in [0.05, 0.1) is 0 Å². The lowest BCUT2D eigenvalue weighted by molar-refractivity contribution is 0.139. The third-order valence-corrected chi connectivity index (χ3v) is 4.07. The highest BCUT2D eigenvalue weighted by molar-refractivity contribution is 14.0. The standard InChI is InChI=1S/C15H23N3.HI/c1-3-15(9-4-10-15)11-17-14(16)18-13-7-5-12(2)6-8-13;/h5-8H,3-4,9-11H2,1-2H3,(H3,16,17,18);1H. The lowest BCUT2D eigenvalue weighted by Crippen LogP contribution is -2.33. The maximum Gasteiger partial charge on any atom is 0.193 e. The van der Waals surface area contributed by atoms with Gasteiger partial charge < -0.3 is 11.1 Å². The smallest absolute Gasteiger partial charge is 0.193 e. The van der Waals surface area contributed by atoms with E-state index in [2.05, 4.69) is 36.3 Å². The van der Waals surface area contributed by atoms with Gasteiger partial charge in [-0.05, 0) is 43.7 Å². The monoisotopic (exact) mass is 373 g/mol. The molecule has 0 spiro atoms. The summed E-state index contributed by atoms with van der Waals surface area (Å²) < 4.78 is 0.